The first kappa shape index (κ1) is 14.0. The molecule has 0 spiro atoms. The Hall–Kier alpha value is -1.04. The first-order valence-corrected chi connectivity index (χ1v) is 5.52. The summed E-state index contributed by atoms with van der Waals surface area (Å²) in [5, 5.41) is 8.79. The Morgan fingerprint density at radius 2 is 2.12 bits per heavy atom. The Balaban J connectivity index is 2.44. The summed E-state index contributed by atoms with van der Waals surface area (Å²) in [5.74, 6) is -1.09. The quantitative estimate of drug-likeness (QED) is 0.776. The second kappa shape index (κ2) is 6.64. The van der Waals surface area contributed by atoms with Crippen LogP contribution in [0.4, 0.5) is 8.78 Å². The average Bonchev–Trinajstić information content (AvgIpc) is 2.27. The number of rotatable bonds is 6. The van der Waals surface area contributed by atoms with Gasteiger partial charge in [-0.05, 0) is 25.1 Å². The third-order valence-electron chi connectivity index (χ3n) is 2.56. The van der Waals surface area contributed by atoms with Crippen molar-refractivity contribution in [2.75, 3.05) is 26.7 Å². The van der Waals surface area contributed by atoms with Crippen molar-refractivity contribution >= 4 is 0 Å². The third-order valence-corrected chi connectivity index (χ3v) is 2.56. The summed E-state index contributed by atoms with van der Waals surface area (Å²) in [4.78, 5) is 1.91. The van der Waals surface area contributed by atoms with Crippen molar-refractivity contribution in [1.82, 2.24) is 4.90 Å². The van der Waals surface area contributed by atoms with Gasteiger partial charge in [-0.25, -0.2) is 8.78 Å². The maximum atomic E-state index is 13.3. The number of benzene rings is 1. The van der Waals surface area contributed by atoms with Crippen molar-refractivity contribution in [1.29, 1.82) is 0 Å². The van der Waals surface area contributed by atoms with Crippen molar-refractivity contribution < 1.29 is 13.9 Å². The van der Waals surface area contributed by atoms with Crippen LogP contribution in [0.2, 0.25) is 0 Å². The molecular weight excluding hydrogens is 226 g/mol. The number of hydrogen-bond donors (Lipinski definition) is 2. The van der Waals surface area contributed by atoms with Crippen molar-refractivity contribution in [2.24, 2.45) is 5.73 Å². The van der Waals surface area contributed by atoms with E-state index in [9.17, 15) is 8.78 Å². The van der Waals surface area contributed by atoms with E-state index in [1.807, 2.05) is 11.9 Å². The summed E-state index contributed by atoms with van der Waals surface area (Å²) >= 11 is 0. The van der Waals surface area contributed by atoms with Crippen LogP contribution in [-0.2, 0) is 6.42 Å². The highest BCUT2D eigenvalue weighted by Crippen LogP contribution is 2.10. The summed E-state index contributed by atoms with van der Waals surface area (Å²) in [7, 11) is 1.84. The Morgan fingerprint density at radius 1 is 1.41 bits per heavy atom. The number of halogens is 2. The van der Waals surface area contributed by atoms with E-state index in [0.717, 1.165) is 6.07 Å². The van der Waals surface area contributed by atoms with E-state index < -0.39 is 11.6 Å². The Labute approximate surface area is 99.8 Å². The van der Waals surface area contributed by atoms with Gasteiger partial charge in [0, 0.05) is 25.2 Å². The van der Waals surface area contributed by atoms with Gasteiger partial charge >= 0.3 is 0 Å². The zero-order valence-electron chi connectivity index (χ0n) is 9.87. The minimum absolute atomic E-state index is 0.0742. The van der Waals surface area contributed by atoms with Crippen molar-refractivity contribution in [3.05, 3.63) is 35.4 Å². The molecule has 1 rings (SSSR count). The van der Waals surface area contributed by atoms with E-state index in [0.29, 0.717) is 25.1 Å². The fourth-order valence-electron chi connectivity index (χ4n) is 1.59. The van der Waals surface area contributed by atoms with E-state index in [1.54, 1.807) is 0 Å². The molecule has 0 aromatic heterocycles. The molecule has 0 radical (unpaired) electrons. The van der Waals surface area contributed by atoms with E-state index in [1.165, 1.54) is 12.1 Å². The molecule has 5 heteroatoms. The van der Waals surface area contributed by atoms with Crippen LogP contribution in [0.15, 0.2) is 18.2 Å². The number of aliphatic hydroxyl groups excluding tert-OH is 1. The minimum atomic E-state index is -0.568. The van der Waals surface area contributed by atoms with Gasteiger partial charge in [-0.15, -0.1) is 0 Å². The molecule has 0 fully saturated rings. The molecule has 0 aliphatic rings. The van der Waals surface area contributed by atoms with Crippen molar-refractivity contribution in [3.63, 3.8) is 0 Å². The maximum Gasteiger partial charge on any atom is 0.129 e. The summed E-state index contributed by atoms with van der Waals surface area (Å²) in [6.07, 6.45) is 0.487. The molecule has 0 amide bonds. The predicted molar refractivity (Wildman–Crippen MR) is 62.6 cm³/mol. The van der Waals surface area contributed by atoms with Crippen LogP contribution >= 0.6 is 0 Å². The molecule has 3 N–H and O–H groups in total. The zero-order valence-corrected chi connectivity index (χ0v) is 9.87. The normalized spacial score (nSPS) is 13.1. The fraction of sp³-hybridized carbons (Fsp3) is 0.500. The molecular formula is C12H18F2N2O. The van der Waals surface area contributed by atoms with Gasteiger partial charge in [-0.1, -0.05) is 6.07 Å². The first-order chi connectivity index (χ1) is 8.02. The van der Waals surface area contributed by atoms with Gasteiger partial charge in [0.15, 0.2) is 0 Å². The lowest BCUT2D eigenvalue weighted by molar-refractivity contribution is 0.222. The lowest BCUT2D eigenvalue weighted by Gasteiger charge is -2.19. The molecule has 0 aliphatic heterocycles. The highest BCUT2D eigenvalue weighted by molar-refractivity contribution is 5.18. The molecule has 0 heterocycles. The predicted octanol–water partition coefficient (Wildman–Crippen LogP) is 0.759. The highest BCUT2D eigenvalue weighted by Gasteiger charge is 2.08. The third kappa shape index (κ3) is 4.77. The largest absolute Gasteiger partial charge is 0.395 e. The van der Waals surface area contributed by atoms with E-state index in [2.05, 4.69) is 0 Å². The average molecular weight is 244 g/mol. The molecule has 0 bridgehead atoms. The van der Waals surface area contributed by atoms with Gasteiger partial charge in [-0.2, -0.15) is 0 Å². The number of nitrogens with zero attached hydrogens (tertiary/aromatic N) is 1. The van der Waals surface area contributed by atoms with Gasteiger partial charge < -0.3 is 15.7 Å². The summed E-state index contributed by atoms with van der Waals surface area (Å²) in [5.41, 5.74) is 6.06. The van der Waals surface area contributed by atoms with Gasteiger partial charge in [0.25, 0.3) is 0 Å². The lowest BCUT2D eigenvalue weighted by Crippen LogP contribution is -2.38. The standard InChI is InChI=1S/C12H18F2N2O/c1-16(7-11(15)8-17)5-4-9-2-3-10(13)6-12(9)14/h2-3,6,11,17H,4-5,7-8,15H2,1H3. The molecule has 0 saturated heterocycles. The summed E-state index contributed by atoms with van der Waals surface area (Å²) in [6.45, 7) is 1.07. The number of aliphatic hydroxyl groups is 1. The minimum Gasteiger partial charge on any atom is -0.395 e. The Bertz CT molecular complexity index is 360. The molecule has 0 saturated carbocycles. The monoisotopic (exact) mass is 244 g/mol. The summed E-state index contributed by atoms with van der Waals surface area (Å²) in [6, 6.07) is 3.29. The molecule has 1 unspecified atom stereocenters. The van der Waals surface area contributed by atoms with Crippen LogP contribution in [0, 0.1) is 11.6 Å². The topological polar surface area (TPSA) is 49.5 Å². The van der Waals surface area contributed by atoms with Gasteiger partial charge in [0.1, 0.15) is 11.6 Å². The molecule has 96 valence electrons. The first-order valence-electron chi connectivity index (χ1n) is 5.52. The zero-order chi connectivity index (χ0) is 12.8. The van der Waals surface area contributed by atoms with Gasteiger partial charge in [0.2, 0.25) is 0 Å². The second-order valence-electron chi connectivity index (χ2n) is 4.19. The van der Waals surface area contributed by atoms with Crippen LogP contribution < -0.4 is 5.73 Å². The van der Waals surface area contributed by atoms with Crippen LogP contribution in [-0.4, -0.2) is 42.8 Å². The smallest absolute Gasteiger partial charge is 0.129 e. The molecule has 0 aliphatic carbocycles. The number of hydrogen-bond acceptors (Lipinski definition) is 3. The van der Waals surface area contributed by atoms with Crippen molar-refractivity contribution in [2.45, 2.75) is 12.5 Å². The highest BCUT2D eigenvalue weighted by atomic mass is 19.1. The maximum absolute atomic E-state index is 13.3. The fourth-order valence-corrected chi connectivity index (χ4v) is 1.59. The van der Waals surface area contributed by atoms with Gasteiger partial charge in [-0.3, -0.25) is 0 Å². The molecule has 17 heavy (non-hydrogen) atoms. The number of nitrogens with two attached hydrogens (primary N) is 1. The van der Waals surface area contributed by atoms with E-state index in [4.69, 9.17) is 10.8 Å². The summed E-state index contributed by atoms with van der Waals surface area (Å²) < 4.78 is 26.0. The molecule has 1 atom stereocenters. The van der Waals surface area contributed by atoms with Crippen LogP contribution in [0.1, 0.15) is 5.56 Å². The lowest BCUT2D eigenvalue weighted by atomic mass is 10.1. The SMILES string of the molecule is CN(CCc1ccc(F)cc1F)CC(N)CO. The van der Waals surface area contributed by atoms with Crippen LogP contribution in [0.25, 0.3) is 0 Å². The molecule has 1 aromatic rings. The van der Waals surface area contributed by atoms with Gasteiger partial charge in [0.05, 0.1) is 6.61 Å². The van der Waals surface area contributed by atoms with Crippen LogP contribution in [0.3, 0.4) is 0 Å². The van der Waals surface area contributed by atoms with E-state index >= 15 is 0 Å². The van der Waals surface area contributed by atoms with Crippen molar-refractivity contribution in [3.8, 4) is 0 Å². The Morgan fingerprint density at radius 3 is 2.71 bits per heavy atom. The van der Waals surface area contributed by atoms with Crippen LogP contribution in [0.5, 0.6) is 0 Å². The number of likely N-dealkylation sites (N-methyl/N-ethyl adjacent to an activating group) is 1. The molecule has 3 nitrogen and oxygen atoms in total. The molecule has 1 aromatic carbocycles. The second-order valence-corrected chi connectivity index (χ2v) is 4.19. The van der Waals surface area contributed by atoms with E-state index in [-0.39, 0.29) is 12.6 Å². The Kier molecular flexibility index (Phi) is 5.47.